The van der Waals surface area contributed by atoms with Crippen LogP contribution in [0.5, 0.6) is 0 Å². The lowest BCUT2D eigenvalue weighted by molar-refractivity contribution is -0.114. The number of para-hydroxylation sites is 1. The molecular weight excluding hydrogens is 336 g/mol. The zero-order valence-electron chi connectivity index (χ0n) is 16.1. The molecule has 1 aromatic carbocycles. The quantitative estimate of drug-likeness (QED) is 0.741. The van der Waals surface area contributed by atoms with Gasteiger partial charge in [-0.05, 0) is 48.9 Å². The van der Waals surface area contributed by atoms with Crippen LogP contribution in [-0.2, 0) is 4.79 Å². The first-order valence-electron chi connectivity index (χ1n) is 9.48. The van der Waals surface area contributed by atoms with E-state index in [1.54, 1.807) is 6.07 Å². The molecule has 2 unspecified atom stereocenters. The molecular formula is C22H26N4O. The smallest absolute Gasteiger partial charge is 0.221 e. The average Bonchev–Trinajstić information content (AvgIpc) is 3.44. The fraction of sp³-hybridized carbons (Fsp3) is 0.409. The van der Waals surface area contributed by atoms with Crippen molar-refractivity contribution < 1.29 is 4.79 Å². The summed E-state index contributed by atoms with van der Waals surface area (Å²) in [7, 11) is 0. The van der Waals surface area contributed by atoms with Crippen molar-refractivity contribution in [2.45, 2.75) is 46.1 Å². The van der Waals surface area contributed by atoms with Gasteiger partial charge < -0.3 is 10.6 Å². The van der Waals surface area contributed by atoms with Gasteiger partial charge in [-0.3, -0.25) is 4.79 Å². The Morgan fingerprint density at radius 3 is 2.67 bits per heavy atom. The topological polar surface area (TPSA) is 77.8 Å². The van der Waals surface area contributed by atoms with E-state index in [1.165, 1.54) is 19.8 Å². The summed E-state index contributed by atoms with van der Waals surface area (Å²) in [6, 6.07) is 13.8. The van der Waals surface area contributed by atoms with E-state index in [0.717, 1.165) is 29.4 Å². The first-order chi connectivity index (χ1) is 13.0. The van der Waals surface area contributed by atoms with E-state index >= 15 is 0 Å². The van der Waals surface area contributed by atoms with Crippen molar-refractivity contribution in [3.05, 3.63) is 53.2 Å². The van der Waals surface area contributed by atoms with Gasteiger partial charge >= 0.3 is 0 Å². The van der Waals surface area contributed by atoms with Crippen LogP contribution >= 0.6 is 0 Å². The number of pyridine rings is 1. The third kappa shape index (κ3) is 4.85. The van der Waals surface area contributed by atoms with Crippen LogP contribution in [0.3, 0.4) is 0 Å². The summed E-state index contributed by atoms with van der Waals surface area (Å²) in [5.74, 6) is 1.85. The summed E-state index contributed by atoms with van der Waals surface area (Å²) in [6.45, 7) is 5.62. The molecule has 1 aliphatic rings. The van der Waals surface area contributed by atoms with E-state index in [1.807, 2.05) is 31.2 Å². The van der Waals surface area contributed by atoms with E-state index in [4.69, 9.17) is 5.26 Å². The molecule has 140 valence electrons. The number of carbonyl (C=O) groups excluding carboxylic acids is 1. The van der Waals surface area contributed by atoms with Gasteiger partial charge in [-0.15, -0.1) is 0 Å². The van der Waals surface area contributed by atoms with Crippen LogP contribution in [0, 0.1) is 30.1 Å². The van der Waals surface area contributed by atoms with Crippen LogP contribution < -0.4 is 10.6 Å². The largest absolute Gasteiger partial charge is 0.363 e. The number of benzene rings is 1. The minimum Gasteiger partial charge on any atom is -0.363 e. The summed E-state index contributed by atoms with van der Waals surface area (Å²) in [5.41, 5.74) is 3.19. The summed E-state index contributed by atoms with van der Waals surface area (Å²) in [5, 5.41) is 15.6. The van der Waals surface area contributed by atoms with Gasteiger partial charge in [0.2, 0.25) is 5.91 Å². The van der Waals surface area contributed by atoms with Gasteiger partial charge in [-0.1, -0.05) is 38.0 Å². The molecule has 1 heterocycles. The molecule has 3 rings (SSSR count). The van der Waals surface area contributed by atoms with Gasteiger partial charge in [-0.25, -0.2) is 4.98 Å². The number of amides is 1. The standard InChI is InChI=1S/C22H26N4O/c1-14(12-17-8-9-17)22(19-6-4-5-7-20(19)25-16(3)27)26-21-11-10-18(13-23)15(2)24-21/h4-7,10-11,14,17,22H,8-9,12H2,1-3H3,(H,24,26)(H,25,27). The Hall–Kier alpha value is -2.87. The molecule has 0 aliphatic heterocycles. The van der Waals surface area contributed by atoms with Crippen LogP contribution in [0.2, 0.25) is 0 Å². The lowest BCUT2D eigenvalue weighted by Gasteiger charge is -2.28. The molecule has 5 heteroatoms. The Bertz CT molecular complexity index is 867. The van der Waals surface area contributed by atoms with Crippen LogP contribution in [-0.4, -0.2) is 10.9 Å². The Morgan fingerprint density at radius 2 is 2.04 bits per heavy atom. The van der Waals surface area contributed by atoms with Gasteiger partial charge in [0, 0.05) is 12.6 Å². The summed E-state index contributed by atoms with van der Waals surface area (Å²) in [6.07, 6.45) is 3.75. The minimum atomic E-state index is -0.0802. The van der Waals surface area contributed by atoms with Crippen molar-refractivity contribution in [1.82, 2.24) is 4.98 Å². The number of nitrogens with one attached hydrogen (secondary N) is 2. The van der Waals surface area contributed by atoms with Crippen molar-refractivity contribution in [2.75, 3.05) is 10.6 Å². The summed E-state index contributed by atoms with van der Waals surface area (Å²) in [4.78, 5) is 16.2. The maximum Gasteiger partial charge on any atom is 0.221 e. The van der Waals surface area contributed by atoms with E-state index in [-0.39, 0.29) is 11.9 Å². The number of carbonyl (C=O) groups is 1. The molecule has 2 N–H and O–H groups in total. The molecule has 27 heavy (non-hydrogen) atoms. The SMILES string of the molecule is CC(=O)Nc1ccccc1C(Nc1ccc(C#N)c(C)n1)C(C)CC1CC1. The number of nitriles is 1. The molecule has 5 nitrogen and oxygen atoms in total. The Kier molecular flexibility index (Phi) is 5.75. The number of nitrogens with zero attached hydrogens (tertiary/aromatic N) is 2. The second-order valence-electron chi connectivity index (χ2n) is 7.49. The van der Waals surface area contributed by atoms with Crippen LogP contribution in [0.1, 0.15) is 56.0 Å². The molecule has 0 saturated heterocycles. The zero-order chi connectivity index (χ0) is 19.4. The summed E-state index contributed by atoms with van der Waals surface area (Å²) >= 11 is 0. The normalized spacial score (nSPS) is 15.5. The number of hydrogen-bond donors (Lipinski definition) is 2. The van der Waals surface area contributed by atoms with E-state index < -0.39 is 0 Å². The third-order valence-corrected chi connectivity index (χ3v) is 5.09. The van der Waals surface area contributed by atoms with E-state index in [9.17, 15) is 4.79 Å². The van der Waals surface area contributed by atoms with Gasteiger partial charge in [0.05, 0.1) is 17.3 Å². The number of rotatable bonds is 7. The predicted octanol–water partition coefficient (Wildman–Crippen LogP) is 4.81. The zero-order valence-corrected chi connectivity index (χ0v) is 16.1. The van der Waals surface area contributed by atoms with Crippen LogP contribution in [0.15, 0.2) is 36.4 Å². The average molecular weight is 362 g/mol. The highest BCUT2D eigenvalue weighted by Gasteiger charge is 2.29. The molecule has 1 amide bonds. The fourth-order valence-corrected chi connectivity index (χ4v) is 3.53. The fourth-order valence-electron chi connectivity index (χ4n) is 3.53. The van der Waals surface area contributed by atoms with Crippen LogP contribution in [0.25, 0.3) is 0 Å². The van der Waals surface area contributed by atoms with Crippen molar-refractivity contribution in [3.8, 4) is 6.07 Å². The van der Waals surface area contributed by atoms with Crippen molar-refractivity contribution in [3.63, 3.8) is 0 Å². The molecule has 1 saturated carbocycles. The van der Waals surface area contributed by atoms with Gasteiger partial charge in [-0.2, -0.15) is 5.26 Å². The molecule has 1 aliphatic carbocycles. The molecule has 0 bridgehead atoms. The van der Waals surface area contributed by atoms with Crippen molar-refractivity contribution >= 4 is 17.4 Å². The second-order valence-corrected chi connectivity index (χ2v) is 7.49. The molecule has 2 atom stereocenters. The van der Waals surface area contributed by atoms with E-state index in [2.05, 4.69) is 34.7 Å². The highest BCUT2D eigenvalue weighted by atomic mass is 16.1. The van der Waals surface area contributed by atoms with Gasteiger partial charge in [0.25, 0.3) is 0 Å². The highest BCUT2D eigenvalue weighted by molar-refractivity contribution is 5.89. The number of aromatic nitrogens is 1. The van der Waals surface area contributed by atoms with Crippen LogP contribution in [0.4, 0.5) is 11.5 Å². The first-order valence-corrected chi connectivity index (χ1v) is 9.48. The lowest BCUT2D eigenvalue weighted by Crippen LogP contribution is -2.22. The minimum absolute atomic E-state index is 0.0217. The second kappa shape index (κ2) is 8.22. The molecule has 1 aromatic heterocycles. The molecule has 0 spiro atoms. The molecule has 2 aromatic rings. The Labute approximate surface area is 160 Å². The van der Waals surface area contributed by atoms with Crippen molar-refractivity contribution in [1.29, 1.82) is 5.26 Å². The van der Waals surface area contributed by atoms with Gasteiger partial charge in [0.1, 0.15) is 11.9 Å². The molecule has 0 radical (unpaired) electrons. The number of aryl methyl sites for hydroxylation is 1. The maximum absolute atomic E-state index is 11.6. The summed E-state index contributed by atoms with van der Waals surface area (Å²) < 4.78 is 0. The third-order valence-electron chi connectivity index (χ3n) is 5.09. The Morgan fingerprint density at radius 1 is 1.30 bits per heavy atom. The maximum atomic E-state index is 11.6. The predicted molar refractivity (Wildman–Crippen MR) is 107 cm³/mol. The van der Waals surface area contributed by atoms with E-state index in [0.29, 0.717) is 17.2 Å². The first kappa shape index (κ1) is 18.9. The molecule has 1 fully saturated rings. The monoisotopic (exact) mass is 362 g/mol. The van der Waals surface area contributed by atoms with Gasteiger partial charge in [0.15, 0.2) is 0 Å². The van der Waals surface area contributed by atoms with Crippen molar-refractivity contribution in [2.24, 2.45) is 11.8 Å². The number of hydrogen-bond acceptors (Lipinski definition) is 4. The lowest BCUT2D eigenvalue weighted by atomic mass is 9.89. The number of anilines is 2. The highest BCUT2D eigenvalue weighted by Crippen LogP contribution is 2.41. The Balaban J connectivity index is 1.93.